The molecule has 2 N–H and O–H groups in total. The van der Waals surface area contributed by atoms with Crippen LogP contribution in [0.1, 0.15) is 16.8 Å². The van der Waals surface area contributed by atoms with Gasteiger partial charge in [-0.2, -0.15) is 5.10 Å². The van der Waals surface area contributed by atoms with Gasteiger partial charge < -0.3 is 5.73 Å². The Labute approximate surface area is 104 Å². The number of benzene rings is 1. The Hall–Kier alpha value is -1.39. The van der Waals surface area contributed by atoms with Gasteiger partial charge in [-0.3, -0.25) is 4.68 Å². The van der Waals surface area contributed by atoms with E-state index in [-0.39, 0.29) is 5.82 Å². The second kappa shape index (κ2) is 4.85. The average Bonchev–Trinajstić information content (AvgIpc) is 2.61. The van der Waals surface area contributed by atoms with Gasteiger partial charge in [0, 0.05) is 6.54 Å². The summed E-state index contributed by atoms with van der Waals surface area (Å²) in [5.41, 5.74) is 8.22. The Morgan fingerprint density at radius 2 is 2.18 bits per heavy atom. The van der Waals surface area contributed by atoms with Gasteiger partial charge in [-0.25, -0.2) is 4.39 Å². The molecule has 2 aromatic rings. The van der Waals surface area contributed by atoms with Crippen molar-refractivity contribution in [1.29, 1.82) is 0 Å². The summed E-state index contributed by atoms with van der Waals surface area (Å²) in [5.74, 6) is -0.270. The summed E-state index contributed by atoms with van der Waals surface area (Å²) in [6, 6.07) is 4.59. The van der Waals surface area contributed by atoms with Gasteiger partial charge in [-0.15, -0.1) is 0 Å². The molecule has 1 aromatic heterocycles. The van der Waals surface area contributed by atoms with Gasteiger partial charge in [0.25, 0.3) is 0 Å². The predicted molar refractivity (Wildman–Crippen MR) is 65.4 cm³/mol. The Balaban J connectivity index is 2.35. The fourth-order valence-electron chi connectivity index (χ4n) is 1.69. The van der Waals surface area contributed by atoms with Gasteiger partial charge in [0.05, 0.1) is 23.5 Å². The Morgan fingerprint density at radius 3 is 2.76 bits per heavy atom. The van der Waals surface area contributed by atoms with E-state index in [1.807, 2.05) is 6.92 Å². The molecule has 1 heterocycles. The second-order valence-corrected chi connectivity index (χ2v) is 4.26. The number of hydrogen-bond donors (Lipinski definition) is 1. The molecule has 0 saturated heterocycles. The van der Waals surface area contributed by atoms with Crippen LogP contribution in [0.2, 0.25) is 5.02 Å². The van der Waals surface area contributed by atoms with Crippen LogP contribution >= 0.6 is 11.6 Å². The van der Waals surface area contributed by atoms with Crippen molar-refractivity contribution in [2.45, 2.75) is 20.0 Å². The average molecular weight is 254 g/mol. The summed E-state index contributed by atoms with van der Waals surface area (Å²) in [6.07, 6.45) is 1.58. The van der Waals surface area contributed by atoms with Crippen LogP contribution in [0.5, 0.6) is 0 Å². The van der Waals surface area contributed by atoms with Crippen LogP contribution in [0, 0.1) is 12.7 Å². The van der Waals surface area contributed by atoms with E-state index in [1.165, 1.54) is 12.1 Å². The molecule has 0 aliphatic heterocycles. The molecular weight excluding hydrogens is 241 g/mol. The minimum atomic E-state index is -0.270. The van der Waals surface area contributed by atoms with E-state index in [4.69, 9.17) is 17.3 Å². The van der Waals surface area contributed by atoms with E-state index in [0.717, 1.165) is 16.8 Å². The molecule has 0 spiro atoms. The highest BCUT2D eigenvalue weighted by Gasteiger charge is 2.08. The second-order valence-electron chi connectivity index (χ2n) is 3.85. The lowest BCUT2D eigenvalue weighted by molar-refractivity contribution is 0.613. The lowest BCUT2D eigenvalue weighted by atomic mass is 10.1. The molecule has 90 valence electrons. The van der Waals surface area contributed by atoms with Crippen molar-refractivity contribution in [3.05, 3.63) is 52.1 Å². The molecule has 2 rings (SSSR count). The number of hydrogen-bond acceptors (Lipinski definition) is 2. The maximum atomic E-state index is 13.2. The first-order chi connectivity index (χ1) is 8.11. The normalized spacial score (nSPS) is 10.8. The molecule has 0 fully saturated rings. The monoisotopic (exact) mass is 253 g/mol. The molecule has 0 saturated carbocycles. The maximum absolute atomic E-state index is 13.2. The molecule has 0 bridgehead atoms. The first-order valence-electron chi connectivity index (χ1n) is 5.27. The number of nitrogens with two attached hydrogens (primary N) is 1. The van der Waals surface area contributed by atoms with Crippen molar-refractivity contribution < 1.29 is 4.39 Å². The molecule has 0 radical (unpaired) electrons. The molecule has 0 aliphatic rings. The number of halogens is 2. The summed E-state index contributed by atoms with van der Waals surface area (Å²) >= 11 is 5.92. The zero-order chi connectivity index (χ0) is 12.4. The highest BCUT2D eigenvalue weighted by molar-refractivity contribution is 6.31. The van der Waals surface area contributed by atoms with Crippen molar-refractivity contribution in [1.82, 2.24) is 9.78 Å². The van der Waals surface area contributed by atoms with Crippen molar-refractivity contribution in [2.75, 3.05) is 0 Å². The van der Waals surface area contributed by atoms with Crippen molar-refractivity contribution >= 4 is 11.6 Å². The topological polar surface area (TPSA) is 43.8 Å². The van der Waals surface area contributed by atoms with Crippen LogP contribution in [0.15, 0.2) is 24.4 Å². The van der Waals surface area contributed by atoms with Crippen LogP contribution < -0.4 is 5.73 Å². The minimum absolute atomic E-state index is 0.270. The highest BCUT2D eigenvalue weighted by atomic mass is 35.5. The summed E-state index contributed by atoms with van der Waals surface area (Å²) in [5, 5.41) is 4.74. The van der Waals surface area contributed by atoms with Crippen molar-refractivity contribution in [3.8, 4) is 0 Å². The number of aromatic nitrogens is 2. The van der Waals surface area contributed by atoms with E-state index < -0.39 is 0 Å². The van der Waals surface area contributed by atoms with Gasteiger partial charge in [0.2, 0.25) is 0 Å². The van der Waals surface area contributed by atoms with Crippen molar-refractivity contribution in [3.63, 3.8) is 0 Å². The fraction of sp³-hybridized carbons (Fsp3) is 0.250. The molecule has 0 amide bonds. The van der Waals surface area contributed by atoms with Crippen LogP contribution in [0.25, 0.3) is 0 Å². The third-order valence-electron chi connectivity index (χ3n) is 2.75. The van der Waals surface area contributed by atoms with E-state index in [1.54, 1.807) is 16.9 Å². The number of rotatable bonds is 3. The van der Waals surface area contributed by atoms with Crippen LogP contribution in [-0.4, -0.2) is 9.78 Å². The molecular formula is C12H13ClFN3. The third-order valence-corrected chi connectivity index (χ3v) is 3.12. The Bertz CT molecular complexity index is 537. The standard InChI is InChI=1S/C12H13ClFN3/c1-8-12(13)6-16-17(8)7-10-4-11(14)3-2-9(10)5-15/h2-4,6H,5,7,15H2,1H3. The van der Waals surface area contributed by atoms with Gasteiger partial charge in [-0.05, 0) is 30.2 Å². The first kappa shape index (κ1) is 12.1. The van der Waals surface area contributed by atoms with E-state index >= 15 is 0 Å². The first-order valence-corrected chi connectivity index (χ1v) is 5.65. The van der Waals surface area contributed by atoms with Gasteiger partial charge in [0.15, 0.2) is 0 Å². The summed E-state index contributed by atoms with van der Waals surface area (Å²) in [4.78, 5) is 0. The lowest BCUT2D eigenvalue weighted by Crippen LogP contribution is -2.09. The van der Waals surface area contributed by atoms with Crippen molar-refractivity contribution in [2.24, 2.45) is 5.73 Å². The largest absolute Gasteiger partial charge is 0.326 e. The summed E-state index contributed by atoms with van der Waals surface area (Å²) in [7, 11) is 0. The third kappa shape index (κ3) is 2.48. The molecule has 5 heteroatoms. The molecule has 0 atom stereocenters. The van der Waals surface area contributed by atoms with Gasteiger partial charge in [0.1, 0.15) is 5.82 Å². The molecule has 1 aromatic carbocycles. The smallest absolute Gasteiger partial charge is 0.123 e. The van der Waals surface area contributed by atoms with Crippen LogP contribution in [0.3, 0.4) is 0 Å². The molecule has 0 aliphatic carbocycles. The quantitative estimate of drug-likeness (QED) is 0.913. The van der Waals surface area contributed by atoms with E-state index in [9.17, 15) is 4.39 Å². The fourth-order valence-corrected chi connectivity index (χ4v) is 1.83. The maximum Gasteiger partial charge on any atom is 0.123 e. The summed E-state index contributed by atoms with van der Waals surface area (Å²) in [6.45, 7) is 2.73. The van der Waals surface area contributed by atoms with Gasteiger partial charge >= 0.3 is 0 Å². The lowest BCUT2D eigenvalue weighted by Gasteiger charge is -2.09. The Morgan fingerprint density at radius 1 is 1.41 bits per heavy atom. The SMILES string of the molecule is Cc1c(Cl)cnn1Cc1cc(F)ccc1CN. The van der Waals surface area contributed by atoms with E-state index in [2.05, 4.69) is 5.10 Å². The van der Waals surface area contributed by atoms with E-state index in [0.29, 0.717) is 18.1 Å². The zero-order valence-electron chi connectivity index (χ0n) is 9.45. The predicted octanol–water partition coefficient (Wildman–Crippen LogP) is 2.49. The van der Waals surface area contributed by atoms with Crippen LogP contribution in [0.4, 0.5) is 4.39 Å². The minimum Gasteiger partial charge on any atom is -0.326 e. The highest BCUT2D eigenvalue weighted by Crippen LogP contribution is 2.17. The Kier molecular flexibility index (Phi) is 3.45. The van der Waals surface area contributed by atoms with Gasteiger partial charge in [-0.1, -0.05) is 17.7 Å². The zero-order valence-corrected chi connectivity index (χ0v) is 10.2. The number of nitrogens with zero attached hydrogens (tertiary/aromatic N) is 2. The molecule has 3 nitrogen and oxygen atoms in total. The summed E-state index contributed by atoms with van der Waals surface area (Å²) < 4.78 is 14.9. The van der Waals surface area contributed by atoms with Crippen LogP contribution in [-0.2, 0) is 13.1 Å². The molecule has 0 unspecified atom stereocenters. The molecule has 17 heavy (non-hydrogen) atoms.